The van der Waals surface area contributed by atoms with E-state index in [1.165, 1.54) is 6.08 Å². The molecule has 0 saturated carbocycles. The number of furan rings is 1. The standard InChI is InChI=1S/C27H18BrClN2O3/c1-16-6-7-17(14-22(16)29)24-12-9-19(33-24)10-13-26(32)30-18-8-11-25-23(15-18)31-27(34-25)20-4-2-3-5-21(20)28/h2-15H,1H3,(H,30,32). The lowest BCUT2D eigenvalue weighted by Crippen LogP contribution is -2.07. The molecule has 168 valence electrons. The van der Waals surface area contributed by atoms with Crippen molar-refractivity contribution < 1.29 is 13.6 Å². The molecule has 5 aromatic rings. The summed E-state index contributed by atoms with van der Waals surface area (Å²) < 4.78 is 12.6. The number of carbonyl (C=O) groups is 1. The average Bonchev–Trinajstić information content (AvgIpc) is 3.47. The zero-order chi connectivity index (χ0) is 23.7. The summed E-state index contributed by atoms with van der Waals surface area (Å²) >= 11 is 9.72. The zero-order valence-corrected chi connectivity index (χ0v) is 20.4. The molecule has 0 spiro atoms. The number of amides is 1. The summed E-state index contributed by atoms with van der Waals surface area (Å²) in [7, 11) is 0. The number of nitrogens with one attached hydrogen (secondary N) is 1. The van der Waals surface area contributed by atoms with Gasteiger partial charge in [-0.2, -0.15) is 0 Å². The fourth-order valence-corrected chi connectivity index (χ4v) is 4.08. The molecule has 2 aromatic heterocycles. The van der Waals surface area contributed by atoms with Gasteiger partial charge in [-0.15, -0.1) is 0 Å². The Labute approximate surface area is 209 Å². The Morgan fingerprint density at radius 2 is 1.88 bits per heavy atom. The van der Waals surface area contributed by atoms with E-state index in [4.69, 9.17) is 20.4 Å². The van der Waals surface area contributed by atoms with Crippen molar-refractivity contribution in [1.29, 1.82) is 0 Å². The lowest BCUT2D eigenvalue weighted by Gasteiger charge is -2.01. The van der Waals surface area contributed by atoms with Crippen LogP contribution in [0.4, 0.5) is 5.69 Å². The minimum atomic E-state index is -0.287. The monoisotopic (exact) mass is 532 g/mol. The molecule has 2 heterocycles. The number of halogens is 2. The first-order valence-corrected chi connectivity index (χ1v) is 11.6. The fraction of sp³-hybridized carbons (Fsp3) is 0.0370. The lowest BCUT2D eigenvalue weighted by atomic mass is 10.1. The van der Waals surface area contributed by atoms with Gasteiger partial charge in [-0.25, -0.2) is 4.98 Å². The molecule has 5 rings (SSSR count). The van der Waals surface area contributed by atoms with Gasteiger partial charge in [0.05, 0.1) is 5.56 Å². The SMILES string of the molecule is Cc1ccc(-c2ccc(C=CC(=O)Nc3ccc4oc(-c5ccccc5Br)nc4c3)o2)cc1Cl. The van der Waals surface area contributed by atoms with Crippen LogP contribution in [0.2, 0.25) is 5.02 Å². The molecule has 0 saturated heterocycles. The number of rotatable bonds is 5. The van der Waals surface area contributed by atoms with Crippen molar-refractivity contribution in [2.75, 3.05) is 5.32 Å². The molecular formula is C27H18BrClN2O3. The number of carbonyl (C=O) groups excluding carboxylic acids is 1. The molecule has 34 heavy (non-hydrogen) atoms. The van der Waals surface area contributed by atoms with Crippen LogP contribution in [0.15, 0.2) is 92.2 Å². The summed E-state index contributed by atoms with van der Waals surface area (Å²) in [6.07, 6.45) is 3.04. The predicted molar refractivity (Wildman–Crippen MR) is 139 cm³/mol. The Morgan fingerprint density at radius 3 is 2.71 bits per heavy atom. The van der Waals surface area contributed by atoms with Crippen LogP contribution in [0, 0.1) is 6.92 Å². The number of nitrogens with zero attached hydrogens (tertiary/aromatic N) is 1. The minimum Gasteiger partial charge on any atom is -0.457 e. The van der Waals surface area contributed by atoms with Crippen LogP contribution in [0.1, 0.15) is 11.3 Å². The highest BCUT2D eigenvalue weighted by atomic mass is 79.9. The molecule has 0 radical (unpaired) electrons. The summed E-state index contributed by atoms with van der Waals surface area (Å²) in [5.41, 5.74) is 4.64. The first kappa shape index (κ1) is 22.2. The number of benzene rings is 3. The van der Waals surface area contributed by atoms with Crippen LogP contribution in [-0.4, -0.2) is 10.9 Å². The average molecular weight is 534 g/mol. The molecule has 0 aliphatic heterocycles. The van der Waals surface area contributed by atoms with Crippen molar-refractivity contribution in [1.82, 2.24) is 4.98 Å². The van der Waals surface area contributed by atoms with Gasteiger partial charge < -0.3 is 14.2 Å². The Balaban J connectivity index is 1.29. The van der Waals surface area contributed by atoms with E-state index in [9.17, 15) is 4.79 Å². The van der Waals surface area contributed by atoms with E-state index in [-0.39, 0.29) is 5.91 Å². The van der Waals surface area contributed by atoms with Crippen molar-refractivity contribution >= 4 is 56.3 Å². The molecule has 0 unspecified atom stereocenters. The first-order valence-electron chi connectivity index (χ1n) is 10.5. The van der Waals surface area contributed by atoms with Gasteiger partial charge in [0.25, 0.3) is 0 Å². The highest BCUT2D eigenvalue weighted by molar-refractivity contribution is 9.10. The first-order chi connectivity index (χ1) is 16.5. The molecule has 1 amide bonds. The Kier molecular flexibility index (Phi) is 6.09. The zero-order valence-electron chi connectivity index (χ0n) is 18.0. The van der Waals surface area contributed by atoms with E-state index < -0.39 is 0 Å². The van der Waals surface area contributed by atoms with E-state index in [1.807, 2.05) is 55.5 Å². The number of fused-ring (bicyclic) bond motifs is 1. The van der Waals surface area contributed by atoms with Crippen molar-refractivity contribution in [3.63, 3.8) is 0 Å². The second kappa shape index (κ2) is 9.33. The van der Waals surface area contributed by atoms with Gasteiger partial charge in [-0.1, -0.05) is 35.9 Å². The largest absolute Gasteiger partial charge is 0.457 e. The van der Waals surface area contributed by atoms with Gasteiger partial charge in [-0.05, 0) is 83.0 Å². The van der Waals surface area contributed by atoms with Crippen LogP contribution < -0.4 is 5.32 Å². The molecule has 3 aromatic carbocycles. The van der Waals surface area contributed by atoms with Crippen molar-refractivity contribution in [3.8, 4) is 22.8 Å². The number of hydrogen-bond donors (Lipinski definition) is 1. The Bertz CT molecular complexity index is 1550. The molecule has 0 bridgehead atoms. The number of hydrogen-bond acceptors (Lipinski definition) is 4. The van der Waals surface area contributed by atoms with E-state index >= 15 is 0 Å². The van der Waals surface area contributed by atoms with Gasteiger partial charge in [0.1, 0.15) is 17.0 Å². The fourth-order valence-electron chi connectivity index (χ4n) is 3.44. The highest BCUT2D eigenvalue weighted by Crippen LogP contribution is 2.31. The van der Waals surface area contributed by atoms with E-state index in [2.05, 4.69) is 26.2 Å². The maximum Gasteiger partial charge on any atom is 0.248 e. The van der Waals surface area contributed by atoms with E-state index in [0.717, 1.165) is 21.2 Å². The van der Waals surface area contributed by atoms with Crippen LogP contribution >= 0.6 is 27.5 Å². The van der Waals surface area contributed by atoms with Crippen molar-refractivity contribution in [2.45, 2.75) is 6.92 Å². The van der Waals surface area contributed by atoms with Gasteiger partial charge in [0.2, 0.25) is 11.8 Å². The topological polar surface area (TPSA) is 68.3 Å². The maximum absolute atomic E-state index is 12.4. The Hall–Kier alpha value is -3.61. The molecular weight excluding hydrogens is 516 g/mol. The van der Waals surface area contributed by atoms with Gasteiger partial charge in [0, 0.05) is 26.8 Å². The third-order valence-electron chi connectivity index (χ3n) is 5.24. The van der Waals surface area contributed by atoms with Crippen LogP contribution in [0.5, 0.6) is 0 Å². The van der Waals surface area contributed by atoms with Crippen LogP contribution in [0.25, 0.3) is 40.0 Å². The number of oxazole rings is 1. The van der Waals surface area contributed by atoms with Gasteiger partial charge in [0.15, 0.2) is 5.58 Å². The highest BCUT2D eigenvalue weighted by Gasteiger charge is 2.12. The Morgan fingerprint density at radius 1 is 1.03 bits per heavy atom. The summed E-state index contributed by atoms with van der Waals surface area (Å²) in [4.78, 5) is 17.0. The molecule has 0 aliphatic carbocycles. The van der Waals surface area contributed by atoms with Crippen LogP contribution in [0.3, 0.4) is 0 Å². The number of aromatic nitrogens is 1. The molecule has 0 atom stereocenters. The summed E-state index contributed by atoms with van der Waals surface area (Å²) in [6.45, 7) is 1.95. The third kappa shape index (κ3) is 4.69. The number of aryl methyl sites for hydroxylation is 1. The summed E-state index contributed by atoms with van der Waals surface area (Å²) in [5, 5.41) is 3.52. The molecule has 1 N–H and O–H groups in total. The maximum atomic E-state index is 12.4. The predicted octanol–water partition coefficient (Wildman–Crippen LogP) is 8.13. The van der Waals surface area contributed by atoms with Gasteiger partial charge in [-0.3, -0.25) is 4.79 Å². The van der Waals surface area contributed by atoms with Crippen LogP contribution in [-0.2, 0) is 4.79 Å². The second-order valence-electron chi connectivity index (χ2n) is 7.67. The van der Waals surface area contributed by atoms with Crippen molar-refractivity contribution in [2.24, 2.45) is 0 Å². The van der Waals surface area contributed by atoms with Crippen molar-refractivity contribution in [3.05, 3.63) is 99.7 Å². The van der Waals surface area contributed by atoms with Gasteiger partial charge >= 0.3 is 0 Å². The molecule has 5 nitrogen and oxygen atoms in total. The minimum absolute atomic E-state index is 0.287. The lowest BCUT2D eigenvalue weighted by molar-refractivity contribution is -0.111. The molecule has 0 fully saturated rings. The summed E-state index contributed by atoms with van der Waals surface area (Å²) in [5.74, 6) is 1.46. The second-order valence-corrected chi connectivity index (χ2v) is 8.93. The summed E-state index contributed by atoms with van der Waals surface area (Å²) in [6, 6.07) is 22.4. The van der Waals surface area contributed by atoms with E-state index in [1.54, 1.807) is 30.3 Å². The number of anilines is 1. The normalized spacial score (nSPS) is 11.4. The van der Waals surface area contributed by atoms with E-state index in [0.29, 0.717) is 39.2 Å². The smallest absolute Gasteiger partial charge is 0.248 e. The quantitative estimate of drug-likeness (QED) is 0.232. The molecule has 7 heteroatoms. The third-order valence-corrected chi connectivity index (χ3v) is 6.34. The molecule has 0 aliphatic rings.